The van der Waals surface area contributed by atoms with E-state index in [1.165, 1.54) is 6.92 Å². The molecule has 1 atom stereocenters. The molecule has 0 spiro atoms. The number of hydrogen-bond donors (Lipinski definition) is 1. The van der Waals surface area contributed by atoms with Gasteiger partial charge in [0.1, 0.15) is 0 Å². The van der Waals surface area contributed by atoms with Crippen LogP contribution in [-0.2, 0) is 26.6 Å². The Kier molecular flexibility index (Phi) is 7.20. The molecule has 0 rings (SSSR count). The van der Waals surface area contributed by atoms with Gasteiger partial charge in [-0.3, -0.25) is 10.5 Å². The average Bonchev–Trinajstić information content (AvgIpc) is 1.63. The molecule has 3 nitrogen and oxygen atoms in total. The molecule has 10 heavy (non-hydrogen) atoms. The van der Waals surface area contributed by atoms with Gasteiger partial charge in [-0.15, -0.1) is 0 Å². The van der Waals surface area contributed by atoms with Crippen molar-refractivity contribution in [1.29, 1.82) is 0 Å². The van der Waals surface area contributed by atoms with E-state index >= 15 is 0 Å². The topological polar surface area (TPSA) is 52.3 Å². The smallest absolute Gasteiger partial charge is 0.304 e. The van der Waals surface area contributed by atoms with Crippen LogP contribution in [0.1, 0.15) is 20.8 Å². The van der Waals surface area contributed by atoms with Crippen LogP contribution >= 0.6 is 0 Å². The van der Waals surface area contributed by atoms with E-state index in [4.69, 9.17) is 5.73 Å². The zero-order valence-corrected chi connectivity index (χ0v) is 7.29. The largest absolute Gasteiger partial charge is 0.447 e. The van der Waals surface area contributed by atoms with Gasteiger partial charge in [0.15, 0.2) is 6.23 Å². The Morgan fingerprint density at radius 2 is 1.90 bits per heavy atom. The standard InChI is InChI=1S/C6H13NO2.Cu/c1-4(2)6(7)9-5(3)8;/h4,6H,7H2,1-3H3;. The minimum atomic E-state index is -0.456. The summed E-state index contributed by atoms with van der Waals surface area (Å²) in [6, 6.07) is 0. The molecule has 0 aliphatic rings. The molecular formula is C6H13CuNO2. The van der Waals surface area contributed by atoms with Gasteiger partial charge in [-0.1, -0.05) is 13.8 Å². The van der Waals surface area contributed by atoms with E-state index in [-0.39, 0.29) is 29.0 Å². The molecule has 0 saturated heterocycles. The van der Waals surface area contributed by atoms with E-state index in [1.54, 1.807) is 0 Å². The number of carbonyl (C=O) groups excluding carboxylic acids is 1. The number of nitrogens with two attached hydrogens (primary N) is 1. The second kappa shape index (κ2) is 5.71. The second-order valence-corrected chi connectivity index (χ2v) is 2.32. The first-order valence-corrected chi connectivity index (χ1v) is 2.97. The van der Waals surface area contributed by atoms with Crippen molar-refractivity contribution in [3.8, 4) is 0 Å². The summed E-state index contributed by atoms with van der Waals surface area (Å²) in [4.78, 5) is 10.3. The van der Waals surface area contributed by atoms with Gasteiger partial charge in [-0.05, 0) is 0 Å². The van der Waals surface area contributed by atoms with E-state index in [1.807, 2.05) is 13.8 Å². The molecule has 0 aromatic rings. The minimum Gasteiger partial charge on any atom is -0.447 e. The van der Waals surface area contributed by atoms with Gasteiger partial charge >= 0.3 is 5.97 Å². The maximum atomic E-state index is 10.3. The molecular weight excluding hydrogens is 182 g/mol. The van der Waals surface area contributed by atoms with E-state index in [9.17, 15) is 4.79 Å². The quantitative estimate of drug-likeness (QED) is 0.396. The van der Waals surface area contributed by atoms with Crippen molar-refractivity contribution in [2.75, 3.05) is 0 Å². The van der Waals surface area contributed by atoms with Crippen molar-refractivity contribution in [2.24, 2.45) is 11.7 Å². The molecule has 0 aliphatic heterocycles. The monoisotopic (exact) mass is 194 g/mol. The van der Waals surface area contributed by atoms with Gasteiger partial charge in [0.05, 0.1) is 0 Å². The first-order chi connectivity index (χ1) is 4.04. The van der Waals surface area contributed by atoms with E-state index < -0.39 is 6.23 Å². The van der Waals surface area contributed by atoms with Crippen LogP contribution in [0, 0.1) is 5.92 Å². The summed E-state index contributed by atoms with van der Waals surface area (Å²) in [6.07, 6.45) is -0.456. The summed E-state index contributed by atoms with van der Waals surface area (Å²) in [5.41, 5.74) is 5.37. The molecule has 0 aliphatic carbocycles. The molecule has 0 fully saturated rings. The molecule has 4 heteroatoms. The molecule has 0 bridgehead atoms. The average molecular weight is 195 g/mol. The van der Waals surface area contributed by atoms with E-state index in [2.05, 4.69) is 4.74 Å². The van der Waals surface area contributed by atoms with Crippen LogP contribution in [0.3, 0.4) is 0 Å². The van der Waals surface area contributed by atoms with Crippen molar-refractivity contribution in [1.82, 2.24) is 0 Å². The normalized spacial score (nSPS) is 12.1. The number of esters is 1. The van der Waals surface area contributed by atoms with Crippen molar-refractivity contribution < 1.29 is 26.6 Å². The Balaban J connectivity index is 0. The summed E-state index contributed by atoms with van der Waals surface area (Å²) in [6.45, 7) is 5.14. The maximum Gasteiger partial charge on any atom is 0.304 e. The van der Waals surface area contributed by atoms with E-state index in [0.717, 1.165) is 0 Å². The van der Waals surface area contributed by atoms with Gasteiger partial charge in [-0.2, -0.15) is 0 Å². The Morgan fingerprint density at radius 1 is 1.50 bits per heavy atom. The van der Waals surface area contributed by atoms with Crippen LogP contribution in [0.4, 0.5) is 0 Å². The number of hydrogen-bond acceptors (Lipinski definition) is 3. The summed E-state index contributed by atoms with van der Waals surface area (Å²) >= 11 is 0. The first-order valence-electron chi connectivity index (χ1n) is 2.97. The fourth-order valence-corrected chi connectivity index (χ4v) is 0.328. The minimum absolute atomic E-state index is 0. The Hall–Kier alpha value is -0.0505. The number of rotatable bonds is 2. The SMILES string of the molecule is CC(=O)OC(N)C(C)C.[Cu]. The van der Waals surface area contributed by atoms with Gasteiger partial charge in [-0.25, -0.2) is 0 Å². The molecule has 0 heterocycles. The third-order valence-corrected chi connectivity index (χ3v) is 0.959. The summed E-state index contributed by atoms with van der Waals surface area (Å²) < 4.78 is 4.65. The zero-order valence-electron chi connectivity index (χ0n) is 6.35. The molecule has 2 N–H and O–H groups in total. The molecule has 1 radical (unpaired) electrons. The zero-order chi connectivity index (χ0) is 7.44. The van der Waals surface area contributed by atoms with Gasteiger partial charge in [0.2, 0.25) is 0 Å². The molecule has 0 saturated carbocycles. The third-order valence-electron chi connectivity index (χ3n) is 0.959. The van der Waals surface area contributed by atoms with Crippen LogP contribution in [-0.4, -0.2) is 12.2 Å². The predicted molar refractivity (Wildman–Crippen MR) is 34.6 cm³/mol. The Labute approximate surface area is 71.8 Å². The van der Waals surface area contributed by atoms with Crippen LogP contribution in [0.15, 0.2) is 0 Å². The Bertz CT molecular complexity index is 106. The van der Waals surface area contributed by atoms with Crippen LogP contribution in [0.25, 0.3) is 0 Å². The van der Waals surface area contributed by atoms with Gasteiger partial charge in [0, 0.05) is 29.9 Å². The van der Waals surface area contributed by atoms with Crippen molar-refractivity contribution in [3.63, 3.8) is 0 Å². The second-order valence-electron chi connectivity index (χ2n) is 2.32. The molecule has 0 aromatic carbocycles. The summed E-state index contributed by atoms with van der Waals surface area (Å²) in [5.74, 6) is -0.134. The third kappa shape index (κ3) is 6.08. The van der Waals surface area contributed by atoms with Crippen molar-refractivity contribution >= 4 is 5.97 Å². The molecule has 1 unspecified atom stereocenters. The predicted octanol–water partition coefficient (Wildman–Crippen LogP) is 0.488. The van der Waals surface area contributed by atoms with Crippen LogP contribution < -0.4 is 5.73 Å². The molecule has 65 valence electrons. The number of ether oxygens (including phenoxy) is 1. The van der Waals surface area contributed by atoms with Crippen molar-refractivity contribution in [2.45, 2.75) is 27.0 Å². The van der Waals surface area contributed by atoms with Crippen LogP contribution in [0.2, 0.25) is 0 Å². The maximum absolute atomic E-state index is 10.3. The summed E-state index contributed by atoms with van der Waals surface area (Å²) in [5, 5.41) is 0. The fraction of sp³-hybridized carbons (Fsp3) is 0.833. The van der Waals surface area contributed by atoms with Crippen LogP contribution in [0.5, 0.6) is 0 Å². The number of carbonyl (C=O) groups is 1. The fourth-order valence-electron chi connectivity index (χ4n) is 0.328. The first kappa shape index (κ1) is 12.6. The Morgan fingerprint density at radius 3 is 2.00 bits per heavy atom. The molecule has 0 aromatic heterocycles. The summed E-state index contributed by atoms with van der Waals surface area (Å²) in [7, 11) is 0. The van der Waals surface area contributed by atoms with Gasteiger partial charge in [0.25, 0.3) is 0 Å². The van der Waals surface area contributed by atoms with Crippen molar-refractivity contribution in [3.05, 3.63) is 0 Å². The molecule has 0 amide bonds. The van der Waals surface area contributed by atoms with E-state index in [0.29, 0.717) is 0 Å². The van der Waals surface area contributed by atoms with Gasteiger partial charge < -0.3 is 4.74 Å².